The van der Waals surface area contributed by atoms with Crippen LogP contribution < -0.4 is 4.57 Å². The van der Waals surface area contributed by atoms with Crippen LogP contribution >= 0.6 is 11.6 Å². The van der Waals surface area contributed by atoms with E-state index in [2.05, 4.69) is 96.8 Å². The molecule has 0 spiro atoms. The van der Waals surface area contributed by atoms with Gasteiger partial charge in [0.1, 0.15) is 17.9 Å². The first-order valence-electron chi connectivity index (χ1n) is 15.3. The van der Waals surface area contributed by atoms with Crippen LogP contribution in [0.15, 0.2) is 110 Å². The summed E-state index contributed by atoms with van der Waals surface area (Å²) in [7, 11) is 0. The number of piperidine rings is 1. The predicted molar refractivity (Wildman–Crippen MR) is 176 cm³/mol. The highest BCUT2D eigenvalue weighted by molar-refractivity contribution is 6.16. The summed E-state index contributed by atoms with van der Waals surface area (Å²) >= 11 is 6.11. The molecule has 1 N–H and O–H groups in total. The van der Waals surface area contributed by atoms with Crippen molar-refractivity contribution in [3.05, 3.63) is 121 Å². The second kappa shape index (κ2) is 11.9. The lowest BCUT2D eigenvalue weighted by Gasteiger charge is -2.30. The minimum atomic E-state index is 0.299. The lowest BCUT2D eigenvalue weighted by Crippen LogP contribution is -2.45. The van der Waals surface area contributed by atoms with E-state index in [1.54, 1.807) is 0 Å². The molecule has 0 unspecified atom stereocenters. The Morgan fingerprint density at radius 3 is 2.49 bits per heavy atom. The molecule has 0 atom stereocenters. The Morgan fingerprint density at radius 2 is 1.71 bits per heavy atom. The Bertz CT molecular complexity index is 2080. The average molecular weight is 612 g/mol. The van der Waals surface area contributed by atoms with E-state index in [-0.39, 0.29) is 0 Å². The number of rotatable bonds is 7. The fourth-order valence-electron chi connectivity index (χ4n) is 6.43. The molecule has 6 heterocycles. The van der Waals surface area contributed by atoms with Gasteiger partial charge in [-0.3, -0.25) is 14.3 Å². The molecule has 7 aromatic rings. The summed E-state index contributed by atoms with van der Waals surface area (Å²) in [5.41, 5.74) is 9.21. The number of hydrogen-bond acceptors (Lipinski definition) is 5. The number of halogens is 1. The van der Waals surface area contributed by atoms with E-state index in [0.29, 0.717) is 11.9 Å². The highest BCUT2D eigenvalue weighted by Crippen LogP contribution is 2.35. The number of nitrogens with one attached hydrogen (secondary N) is 1. The lowest BCUT2D eigenvalue weighted by atomic mass is 9.97. The summed E-state index contributed by atoms with van der Waals surface area (Å²) in [6.07, 6.45) is 10.3. The first-order valence-corrected chi connectivity index (χ1v) is 15.9. The van der Waals surface area contributed by atoms with Gasteiger partial charge in [-0.25, -0.2) is 14.5 Å². The lowest BCUT2D eigenvalue weighted by molar-refractivity contribution is -0.724. The molecule has 45 heavy (non-hydrogen) atoms. The number of aromatic amines is 1. The van der Waals surface area contributed by atoms with Crippen molar-refractivity contribution < 1.29 is 4.57 Å². The minimum Gasteiger partial charge on any atom is -0.299 e. The summed E-state index contributed by atoms with van der Waals surface area (Å²) < 4.78 is 4.27. The van der Waals surface area contributed by atoms with Gasteiger partial charge in [0.2, 0.25) is 6.33 Å². The normalized spacial score (nSPS) is 14.4. The number of pyridine rings is 3. The maximum atomic E-state index is 6.11. The first kappa shape index (κ1) is 27.6. The van der Waals surface area contributed by atoms with Crippen LogP contribution in [0.3, 0.4) is 0 Å². The molecule has 222 valence electrons. The number of H-pyrrole nitrogens is 1. The molecule has 0 saturated carbocycles. The van der Waals surface area contributed by atoms with E-state index in [1.165, 1.54) is 5.56 Å². The van der Waals surface area contributed by atoms with Gasteiger partial charge in [0.05, 0.1) is 17.1 Å². The summed E-state index contributed by atoms with van der Waals surface area (Å²) in [5.74, 6) is 1.02. The van der Waals surface area contributed by atoms with Crippen LogP contribution in [0.5, 0.6) is 0 Å². The van der Waals surface area contributed by atoms with Crippen molar-refractivity contribution >= 4 is 28.2 Å². The monoisotopic (exact) mass is 611 g/mol. The molecule has 5 aromatic heterocycles. The van der Waals surface area contributed by atoms with E-state index in [4.69, 9.17) is 16.6 Å². The van der Waals surface area contributed by atoms with Crippen LogP contribution in [-0.4, -0.2) is 47.5 Å². The summed E-state index contributed by atoms with van der Waals surface area (Å²) in [5, 5.41) is 9.67. The third kappa shape index (κ3) is 5.36. The van der Waals surface area contributed by atoms with E-state index in [9.17, 15) is 0 Å². The van der Waals surface area contributed by atoms with Gasteiger partial charge in [-0.2, -0.15) is 0 Å². The molecular formula is C36H32ClN8+. The van der Waals surface area contributed by atoms with Crippen molar-refractivity contribution in [3.8, 4) is 33.8 Å². The maximum absolute atomic E-state index is 6.11. The Morgan fingerprint density at radius 1 is 0.889 bits per heavy atom. The molecule has 2 aromatic carbocycles. The van der Waals surface area contributed by atoms with E-state index < -0.39 is 0 Å². The summed E-state index contributed by atoms with van der Waals surface area (Å²) in [6.45, 7) is 3.07. The standard InChI is InChI=1S/C36H31ClN8/c37-21-34-41-42-36-30-20-29(26-6-2-1-3-7-26)35(40-31(30)15-19-45(34)36)27-11-9-25(10-12-27)22-43-17-13-28(14-18-43)44-23-33(39-24-44)32-8-4-5-16-38-32/h1-12,15-16,19-20,23-24,28H,13-14,17-18,21-22H2/p+1. The number of benzene rings is 2. The molecule has 0 radical (unpaired) electrons. The largest absolute Gasteiger partial charge is 0.299 e. The molecule has 1 aliphatic heterocycles. The molecule has 8 rings (SSSR count). The first-order chi connectivity index (χ1) is 22.2. The quantitative estimate of drug-likeness (QED) is 0.157. The molecule has 1 aliphatic rings. The number of hydrogen-bond donors (Lipinski definition) is 1. The fraction of sp³-hybridized carbons (Fsp3) is 0.194. The van der Waals surface area contributed by atoms with Gasteiger partial charge in [0, 0.05) is 61.4 Å². The van der Waals surface area contributed by atoms with Crippen LogP contribution in [0.2, 0.25) is 0 Å². The second-order valence-electron chi connectivity index (χ2n) is 11.6. The second-order valence-corrected chi connectivity index (χ2v) is 11.9. The topological polar surface area (TPSA) is 78.9 Å². The molecule has 1 fully saturated rings. The van der Waals surface area contributed by atoms with Crippen LogP contribution in [0.25, 0.3) is 50.3 Å². The highest BCUT2D eigenvalue weighted by atomic mass is 35.5. The third-order valence-corrected chi connectivity index (χ3v) is 9.08. The minimum absolute atomic E-state index is 0.299. The van der Waals surface area contributed by atoms with Gasteiger partial charge < -0.3 is 0 Å². The van der Waals surface area contributed by atoms with Crippen molar-refractivity contribution in [3.63, 3.8) is 0 Å². The number of fused-ring (bicyclic) bond motifs is 3. The number of alkyl halides is 1. The Kier molecular flexibility index (Phi) is 7.29. The maximum Gasteiger partial charge on any atom is 0.242 e. The van der Waals surface area contributed by atoms with Gasteiger partial charge in [-0.05, 0) is 35.4 Å². The summed E-state index contributed by atoms with van der Waals surface area (Å²) in [6, 6.07) is 30.0. The van der Waals surface area contributed by atoms with Gasteiger partial charge in [-0.1, -0.05) is 60.7 Å². The molecule has 0 aliphatic carbocycles. The number of imidazole rings is 1. The van der Waals surface area contributed by atoms with Crippen molar-refractivity contribution in [1.82, 2.24) is 34.4 Å². The fourth-order valence-corrected chi connectivity index (χ4v) is 6.62. The van der Waals surface area contributed by atoms with E-state index in [1.807, 2.05) is 47.1 Å². The number of aromatic nitrogens is 7. The van der Waals surface area contributed by atoms with Crippen molar-refractivity contribution in [2.24, 2.45) is 0 Å². The highest BCUT2D eigenvalue weighted by Gasteiger charge is 2.25. The van der Waals surface area contributed by atoms with E-state index >= 15 is 0 Å². The zero-order chi connectivity index (χ0) is 30.2. The Labute approximate surface area is 266 Å². The zero-order valence-electron chi connectivity index (χ0n) is 24.7. The zero-order valence-corrected chi connectivity index (χ0v) is 25.5. The van der Waals surface area contributed by atoms with Gasteiger partial charge >= 0.3 is 0 Å². The van der Waals surface area contributed by atoms with Crippen LogP contribution in [0.1, 0.15) is 30.3 Å². The molecule has 1 saturated heterocycles. The number of nitrogens with zero attached hydrogens (tertiary/aromatic N) is 7. The molecule has 9 heteroatoms. The molecule has 0 bridgehead atoms. The van der Waals surface area contributed by atoms with Gasteiger partial charge in [-0.15, -0.1) is 21.8 Å². The Hall–Kier alpha value is -4.92. The van der Waals surface area contributed by atoms with Gasteiger partial charge in [0.15, 0.2) is 17.2 Å². The van der Waals surface area contributed by atoms with Crippen molar-refractivity contribution in [1.29, 1.82) is 0 Å². The van der Waals surface area contributed by atoms with Crippen molar-refractivity contribution in [2.75, 3.05) is 13.1 Å². The summed E-state index contributed by atoms with van der Waals surface area (Å²) in [4.78, 5) is 15.6. The molecular weight excluding hydrogens is 580 g/mol. The predicted octanol–water partition coefficient (Wildman–Crippen LogP) is 6.87. The smallest absolute Gasteiger partial charge is 0.242 e. The van der Waals surface area contributed by atoms with Crippen LogP contribution in [-0.2, 0) is 12.4 Å². The number of likely N-dealkylation sites (tertiary alicyclic amines) is 1. The van der Waals surface area contributed by atoms with Crippen LogP contribution in [0, 0.1) is 0 Å². The van der Waals surface area contributed by atoms with Crippen LogP contribution in [0.4, 0.5) is 0 Å². The average Bonchev–Trinajstić information content (AvgIpc) is 3.77. The SMILES string of the molecule is ClCc1nnc2c3cc(-c4ccccc4)c(-c4ccc(CN5CCC([n+]6c[nH]c(-c7ccccn7)c6)CC5)cc4)nc3ccn12. The van der Waals surface area contributed by atoms with E-state index in [0.717, 1.165) is 88.6 Å². The van der Waals surface area contributed by atoms with Gasteiger partial charge in [0.25, 0.3) is 0 Å². The van der Waals surface area contributed by atoms with Crippen molar-refractivity contribution in [2.45, 2.75) is 31.3 Å². The molecule has 8 nitrogen and oxygen atoms in total. The molecule has 0 amide bonds. The Balaban J connectivity index is 1.01. The third-order valence-electron chi connectivity index (χ3n) is 8.85.